The first-order valence-corrected chi connectivity index (χ1v) is 6.85. The number of amides is 1. The van der Waals surface area contributed by atoms with Crippen molar-refractivity contribution in [3.05, 3.63) is 35.9 Å². The van der Waals surface area contributed by atoms with Gasteiger partial charge in [-0.05, 0) is 12.0 Å². The van der Waals surface area contributed by atoms with Crippen LogP contribution in [0.4, 0.5) is 0 Å². The topological polar surface area (TPSA) is 72.5 Å². The number of ketones is 1. The molecule has 114 valence electrons. The Morgan fingerprint density at radius 3 is 2.33 bits per heavy atom. The lowest BCUT2D eigenvalue weighted by molar-refractivity contribution is -0.146. The highest BCUT2D eigenvalue weighted by Crippen LogP contribution is 2.11. The van der Waals surface area contributed by atoms with Gasteiger partial charge in [0, 0.05) is 13.3 Å². The molecule has 0 saturated carbocycles. The van der Waals surface area contributed by atoms with Gasteiger partial charge in [-0.1, -0.05) is 37.3 Å². The summed E-state index contributed by atoms with van der Waals surface area (Å²) in [4.78, 5) is 34.9. The molecule has 1 aromatic carbocycles. The number of carbonyl (C=O) groups is 3. The number of rotatable bonds is 7. The quantitative estimate of drug-likeness (QED) is 0.773. The fourth-order valence-electron chi connectivity index (χ4n) is 2.07. The van der Waals surface area contributed by atoms with Crippen LogP contribution in [0.2, 0.25) is 0 Å². The van der Waals surface area contributed by atoms with E-state index in [1.807, 2.05) is 30.3 Å². The number of hydrogen-bond donors (Lipinski definition) is 1. The van der Waals surface area contributed by atoms with Crippen molar-refractivity contribution in [2.75, 3.05) is 7.11 Å². The second kappa shape index (κ2) is 8.19. The first-order chi connectivity index (χ1) is 9.93. The molecule has 0 heterocycles. The summed E-state index contributed by atoms with van der Waals surface area (Å²) < 4.78 is 4.61. The maximum atomic E-state index is 12.3. The average molecular weight is 291 g/mol. The highest BCUT2D eigenvalue weighted by atomic mass is 16.5. The maximum Gasteiger partial charge on any atom is 0.308 e. The molecular formula is C16H21NO4. The second-order valence-electron chi connectivity index (χ2n) is 5.04. The predicted octanol–water partition coefficient (Wildman–Crippen LogP) is 1.50. The van der Waals surface area contributed by atoms with Crippen molar-refractivity contribution in [1.29, 1.82) is 0 Å². The molecule has 1 aromatic rings. The van der Waals surface area contributed by atoms with E-state index in [2.05, 4.69) is 10.1 Å². The van der Waals surface area contributed by atoms with Gasteiger partial charge in [0.15, 0.2) is 5.78 Å². The van der Waals surface area contributed by atoms with Crippen molar-refractivity contribution in [1.82, 2.24) is 5.32 Å². The highest BCUT2D eigenvalue weighted by molar-refractivity contribution is 5.91. The van der Waals surface area contributed by atoms with Gasteiger partial charge in [-0.2, -0.15) is 0 Å². The molecule has 1 N–H and O–H groups in total. The molecule has 0 spiro atoms. The smallest absolute Gasteiger partial charge is 0.308 e. The molecule has 0 fully saturated rings. The summed E-state index contributed by atoms with van der Waals surface area (Å²) in [6, 6.07) is 8.80. The van der Waals surface area contributed by atoms with Crippen LogP contribution < -0.4 is 5.32 Å². The molecule has 21 heavy (non-hydrogen) atoms. The van der Waals surface area contributed by atoms with Crippen LogP contribution in [0.3, 0.4) is 0 Å². The zero-order chi connectivity index (χ0) is 15.8. The second-order valence-corrected chi connectivity index (χ2v) is 5.04. The van der Waals surface area contributed by atoms with Crippen molar-refractivity contribution in [2.24, 2.45) is 5.92 Å². The summed E-state index contributed by atoms with van der Waals surface area (Å²) in [6.45, 7) is 3.01. The van der Waals surface area contributed by atoms with Crippen LogP contribution in [0.15, 0.2) is 30.3 Å². The van der Waals surface area contributed by atoms with E-state index in [9.17, 15) is 14.4 Å². The molecule has 0 saturated heterocycles. The van der Waals surface area contributed by atoms with Crippen molar-refractivity contribution in [2.45, 2.75) is 32.7 Å². The van der Waals surface area contributed by atoms with Gasteiger partial charge in [-0.15, -0.1) is 0 Å². The zero-order valence-electron chi connectivity index (χ0n) is 12.6. The minimum atomic E-state index is -0.628. The van der Waals surface area contributed by atoms with Crippen LogP contribution in [0.25, 0.3) is 0 Å². The lowest BCUT2D eigenvalue weighted by Crippen LogP contribution is -2.42. The molecular weight excluding hydrogens is 270 g/mol. The summed E-state index contributed by atoms with van der Waals surface area (Å²) in [7, 11) is 1.29. The first-order valence-electron chi connectivity index (χ1n) is 6.85. The molecule has 0 unspecified atom stereocenters. The van der Waals surface area contributed by atoms with E-state index in [1.165, 1.54) is 14.0 Å². The van der Waals surface area contributed by atoms with Crippen LogP contribution in [0.5, 0.6) is 0 Å². The van der Waals surface area contributed by atoms with E-state index < -0.39 is 17.9 Å². The normalized spacial score (nSPS) is 13.1. The number of methoxy groups -OCH3 is 1. The van der Waals surface area contributed by atoms with Gasteiger partial charge in [-0.3, -0.25) is 14.4 Å². The first kappa shape index (κ1) is 16.9. The molecule has 0 aliphatic heterocycles. The number of carbonyl (C=O) groups excluding carboxylic acids is 3. The molecule has 1 rings (SSSR count). The molecule has 0 aliphatic carbocycles. The monoisotopic (exact) mass is 291 g/mol. The lowest BCUT2D eigenvalue weighted by atomic mass is 9.95. The predicted molar refractivity (Wildman–Crippen MR) is 78.6 cm³/mol. The lowest BCUT2D eigenvalue weighted by Gasteiger charge is -2.18. The molecule has 0 aliphatic rings. The van der Waals surface area contributed by atoms with Gasteiger partial charge in [0.2, 0.25) is 5.91 Å². The summed E-state index contributed by atoms with van der Waals surface area (Å²) in [5.41, 5.74) is 0.954. The van der Waals surface area contributed by atoms with Crippen molar-refractivity contribution < 1.29 is 19.1 Å². The maximum absolute atomic E-state index is 12.3. The molecule has 0 aromatic heterocycles. The Morgan fingerprint density at radius 2 is 1.81 bits per heavy atom. The third-order valence-corrected chi connectivity index (χ3v) is 3.16. The standard InChI is InChI=1S/C16H21NO4/c1-11(16(20)21-3)9-15(19)14(17-12(2)18)10-13-7-5-4-6-8-13/h4-8,11,14H,9-10H2,1-3H3,(H,17,18)/t11-,14+/m1/s1. The van der Waals surface area contributed by atoms with Gasteiger partial charge in [0.1, 0.15) is 0 Å². The van der Waals surface area contributed by atoms with Gasteiger partial charge in [0.25, 0.3) is 0 Å². The summed E-state index contributed by atoms with van der Waals surface area (Å²) in [6.07, 6.45) is 0.456. The third-order valence-electron chi connectivity index (χ3n) is 3.16. The fraction of sp³-hybridized carbons (Fsp3) is 0.438. The Labute approximate surface area is 124 Å². The molecule has 0 bridgehead atoms. The highest BCUT2D eigenvalue weighted by Gasteiger charge is 2.24. The van der Waals surface area contributed by atoms with Gasteiger partial charge in [0.05, 0.1) is 19.1 Å². The molecule has 0 radical (unpaired) electrons. The zero-order valence-corrected chi connectivity index (χ0v) is 12.6. The van der Waals surface area contributed by atoms with E-state index in [0.29, 0.717) is 6.42 Å². The molecule has 5 nitrogen and oxygen atoms in total. The minimum absolute atomic E-state index is 0.0461. The molecule has 5 heteroatoms. The summed E-state index contributed by atoms with van der Waals surface area (Å²) in [5.74, 6) is -1.39. The van der Waals surface area contributed by atoms with Crippen molar-refractivity contribution in [3.63, 3.8) is 0 Å². The Balaban J connectivity index is 2.75. The van der Waals surface area contributed by atoms with Crippen molar-refractivity contribution in [3.8, 4) is 0 Å². The van der Waals surface area contributed by atoms with Crippen LogP contribution in [-0.2, 0) is 25.5 Å². The Kier molecular flexibility index (Phi) is 6.59. The van der Waals surface area contributed by atoms with E-state index in [0.717, 1.165) is 5.56 Å². The van der Waals surface area contributed by atoms with E-state index in [1.54, 1.807) is 6.92 Å². The van der Waals surface area contributed by atoms with Crippen LogP contribution in [0.1, 0.15) is 25.8 Å². The number of esters is 1. The Bertz CT molecular complexity index is 498. The third kappa shape index (κ3) is 5.77. The fourth-order valence-corrected chi connectivity index (χ4v) is 2.07. The molecule has 1 amide bonds. The van der Waals surface area contributed by atoms with Crippen LogP contribution in [0, 0.1) is 5.92 Å². The number of ether oxygens (including phenoxy) is 1. The van der Waals surface area contributed by atoms with Gasteiger partial charge < -0.3 is 10.1 Å². The minimum Gasteiger partial charge on any atom is -0.469 e. The summed E-state index contributed by atoms with van der Waals surface area (Å²) >= 11 is 0. The van der Waals surface area contributed by atoms with Crippen LogP contribution >= 0.6 is 0 Å². The van der Waals surface area contributed by atoms with Gasteiger partial charge in [-0.25, -0.2) is 0 Å². The number of hydrogen-bond acceptors (Lipinski definition) is 4. The van der Waals surface area contributed by atoms with E-state index in [4.69, 9.17) is 0 Å². The average Bonchev–Trinajstić information content (AvgIpc) is 2.46. The molecule has 2 atom stereocenters. The summed E-state index contributed by atoms with van der Waals surface area (Å²) in [5, 5.41) is 2.65. The number of nitrogens with one attached hydrogen (secondary N) is 1. The van der Waals surface area contributed by atoms with E-state index >= 15 is 0 Å². The largest absolute Gasteiger partial charge is 0.469 e. The van der Waals surface area contributed by atoms with Crippen molar-refractivity contribution >= 4 is 17.7 Å². The number of benzene rings is 1. The van der Waals surface area contributed by atoms with E-state index in [-0.39, 0.29) is 18.1 Å². The Morgan fingerprint density at radius 1 is 1.19 bits per heavy atom. The SMILES string of the molecule is COC(=O)[C@H](C)CC(=O)[C@H](Cc1ccccc1)NC(C)=O. The van der Waals surface area contributed by atoms with Crippen LogP contribution in [-0.4, -0.2) is 30.8 Å². The number of Topliss-reactive ketones (excluding diaryl/α,β-unsaturated/α-hetero) is 1. The van der Waals surface area contributed by atoms with Gasteiger partial charge >= 0.3 is 5.97 Å². The Hall–Kier alpha value is -2.17.